The molecule has 0 radical (unpaired) electrons. The van der Waals surface area contributed by atoms with Crippen LogP contribution in [0.25, 0.3) is 22.4 Å². The summed E-state index contributed by atoms with van der Waals surface area (Å²) in [4.78, 5) is 14.8. The van der Waals surface area contributed by atoms with Crippen LogP contribution in [0, 0.1) is 0 Å². The number of oxazole rings is 1. The number of carbonyl (C=O) groups is 1. The number of nitrogens with zero attached hydrogens (tertiary/aromatic N) is 1. The third-order valence-corrected chi connectivity index (χ3v) is 3.80. The van der Waals surface area contributed by atoms with Crippen LogP contribution in [0.4, 0.5) is 0 Å². The lowest BCUT2D eigenvalue weighted by Gasteiger charge is -2.08. The highest BCUT2D eigenvalue weighted by atomic mass is 35.5. The molecule has 4 aromatic rings. The van der Waals surface area contributed by atoms with Gasteiger partial charge in [0.05, 0.1) is 5.02 Å². The van der Waals surface area contributed by atoms with Gasteiger partial charge in [-0.05, 0) is 42.5 Å². The van der Waals surface area contributed by atoms with Crippen molar-refractivity contribution in [1.29, 1.82) is 0 Å². The van der Waals surface area contributed by atoms with Crippen molar-refractivity contribution in [3.8, 4) is 22.8 Å². The standard InChI is InChI=1S/C18H10ClNO4/c19-13-8-11(14-7-5-12(9-21)23-14)4-6-15(13)24-17-3-1-2-16-18(17)20-10-22-16/h1-10H. The zero-order valence-corrected chi connectivity index (χ0v) is 13.0. The average Bonchev–Trinajstić information content (AvgIpc) is 3.25. The third-order valence-electron chi connectivity index (χ3n) is 3.50. The quantitative estimate of drug-likeness (QED) is 0.469. The predicted molar refractivity (Wildman–Crippen MR) is 88.6 cm³/mol. The average molecular weight is 340 g/mol. The Hall–Kier alpha value is -3.05. The highest BCUT2D eigenvalue weighted by molar-refractivity contribution is 6.32. The second-order valence-corrected chi connectivity index (χ2v) is 5.43. The van der Waals surface area contributed by atoms with Crippen molar-refractivity contribution >= 4 is 29.0 Å². The summed E-state index contributed by atoms with van der Waals surface area (Å²) in [5.74, 6) is 1.86. The molecule has 0 spiro atoms. The number of hydrogen-bond acceptors (Lipinski definition) is 5. The van der Waals surface area contributed by atoms with Crippen molar-refractivity contribution in [1.82, 2.24) is 4.98 Å². The number of hydrogen-bond donors (Lipinski definition) is 0. The molecule has 2 aromatic carbocycles. The van der Waals surface area contributed by atoms with Crippen LogP contribution in [0.3, 0.4) is 0 Å². The fraction of sp³-hybridized carbons (Fsp3) is 0. The lowest BCUT2D eigenvalue weighted by atomic mass is 10.1. The molecule has 0 amide bonds. The Morgan fingerprint density at radius 1 is 1.08 bits per heavy atom. The van der Waals surface area contributed by atoms with Gasteiger partial charge in [-0.1, -0.05) is 17.7 Å². The minimum Gasteiger partial charge on any atom is -0.453 e. The van der Waals surface area contributed by atoms with E-state index in [9.17, 15) is 4.79 Å². The van der Waals surface area contributed by atoms with Crippen molar-refractivity contribution in [2.24, 2.45) is 0 Å². The lowest BCUT2D eigenvalue weighted by Crippen LogP contribution is -1.87. The fourth-order valence-corrected chi connectivity index (χ4v) is 2.59. The maximum absolute atomic E-state index is 10.7. The fourth-order valence-electron chi connectivity index (χ4n) is 2.37. The van der Waals surface area contributed by atoms with E-state index in [1.165, 1.54) is 6.39 Å². The Kier molecular flexibility index (Phi) is 3.55. The molecule has 0 N–H and O–H groups in total. The summed E-state index contributed by atoms with van der Waals surface area (Å²) in [5.41, 5.74) is 2.01. The number of para-hydroxylation sites is 1. The van der Waals surface area contributed by atoms with Crippen LogP contribution in [0.1, 0.15) is 10.6 Å². The van der Waals surface area contributed by atoms with Crippen LogP contribution in [0.15, 0.2) is 63.8 Å². The maximum atomic E-state index is 10.7. The van der Waals surface area contributed by atoms with Gasteiger partial charge in [0.2, 0.25) is 0 Å². The zero-order chi connectivity index (χ0) is 16.5. The van der Waals surface area contributed by atoms with E-state index in [0.29, 0.717) is 39.7 Å². The first-order valence-electron chi connectivity index (χ1n) is 7.09. The normalized spacial score (nSPS) is 10.9. The topological polar surface area (TPSA) is 65.5 Å². The van der Waals surface area contributed by atoms with Crippen LogP contribution in [-0.2, 0) is 0 Å². The van der Waals surface area contributed by atoms with Crippen LogP contribution >= 0.6 is 11.6 Å². The molecule has 118 valence electrons. The molecule has 6 heteroatoms. The van der Waals surface area contributed by atoms with Gasteiger partial charge in [0, 0.05) is 5.56 Å². The molecule has 4 rings (SSSR count). The SMILES string of the molecule is O=Cc1ccc(-c2ccc(Oc3cccc4ocnc34)c(Cl)c2)o1. The summed E-state index contributed by atoms with van der Waals surface area (Å²) in [6.07, 6.45) is 2.02. The van der Waals surface area contributed by atoms with Gasteiger partial charge in [0.1, 0.15) is 11.5 Å². The van der Waals surface area contributed by atoms with Gasteiger partial charge in [0.15, 0.2) is 35.3 Å². The molecule has 0 bridgehead atoms. The summed E-state index contributed by atoms with van der Waals surface area (Å²) >= 11 is 6.31. The van der Waals surface area contributed by atoms with E-state index in [4.69, 9.17) is 25.2 Å². The van der Waals surface area contributed by atoms with E-state index in [1.54, 1.807) is 42.5 Å². The molecular formula is C18H10ClNO4. The molecule has 0 unspecified atom stereocenters. The van der Waals surface area contributed by atoms with Gasteiger partial charge < -0.3 is 13.6 Å². The Morgan fingerprint density at radius 2 is 2.00 bits per heavy atom. The molecule has 5 nitrogen and oxygen atoms in total. The summed E-state index contributed by atoms with van der Waals surface area (Å²) in [5, 5.41) is 0.414. The van der Waals surface area contributed by atoms with E-state index in [1.807, 2.05) is 6.07 Å². The Balaban J connectivity index is 1.67. The van der Waals surface area contributed by atoms with Gasteiger partial charge in [-0.2, -0.15) is 0 Å². The first-order valence-corrected chi connectivity index (χ1v) is 7.47. The number of furan rings is 1. The summed E-state index contributed by atoms with van der Waals surface area (Å²) in [6.45, 7) is 0. The number of carbonyl (C=O) groups excluding carboxylic acids is 1. The number of rotatable bonds is 4. The Labute approximate surface area is 141 Å². The molecule has 2 aromatic heterocycles. The number of aromatic nitrogens is 1. The van der Waals surface area contributed by atoms with Crippen molar-refractivity contribution in [3.63, 3.8) is 0 Å². The minimum absolute atomic E-state index is 0.263. The zero-order valence-electron chi connectivity index (χ0n) is 12.2. The Morgan fingerprint density at radius 3 is 2.79 bits per heavy atom. The monoisotopic (exact) mass is 339 g/mol. The largest absolute Gasteiger partial charge is 0.453 e. The van der Waals surface area contributed by atoms with E-state index < -0.39 is 0 Å². The molecule has 0 fully saturated rings. The van der Waals surface area contributed by atoms with Gasteiger partial charge in [-0.3, -0.25) is 4.79 Å². The molecular weight excluding hydrogens is 330 g/mol. The summed E-state index contributed by atoms with van der Waals surface area (Å²) in [6, 6.07) is 14.0. The highest BCUT2D eigenvalue weighted by Gasteiger charge is 2.12. The highest BCUT2D eigenvalue weighted by Crippen LogP contribution is 2.36. The number of fused-ring (bicyclic) bond motifs is 1. The maximum Gasteiger partial charge on any atom is 0.185 e. The minimum atomic E-state index is 0.263. The van der Waals surface area contributed by atoms with Gasteiger partial charge in [-0.15, -0.1) is 0 Å². The van der Waals surface area contributed by atoms with Crippen molar-refractivity contribution in [3.05, 3.63) is 65.7 Å². The van der Waals surface area contributed by atoms with E-state index in [-0.39, 0.29) is 5.76 Å². The summed E-state index contributed by atoms with van der Waals surface area (Å²) < 4.78 is 16.5. The van der Waals surface area contributed by atoms with Crippen molar-refractivity contribution in [2.75, 3.05) is 0 Å². The lowest BCUT2D eigenvalue weighted by molar-refractivity contribution is 0.110. The molecule has 24 heavy (non-hydrogen) atoms. The van der Waals surface area contributed by atoms with Crippen LogP contribution in [0.5, 0.6) is 11.5 Å². The van der Waals surface area contributed by atoms with E-state index in [0.717, 1.165) is 5.56 Å². The van der Waals surface area contributed by atoms with Crippen LogP contribution in [0.2, 0.25) is 5.02 Å². The third kappa shape index (κ3) is 2.55. The number of ether oxygens (including phenoxy) is 1. The molecule has 0 aliphatic heterocycles. The smallest absolute Gasteiger partial charge is 0.185 e. The molecule has 0 atom stereocenters. The van der Waals surface area contributed by atoms with Gasteiger partial charge >= 0.3 is 0 Å². The Bertz CT molecular complexity index is 1030. The molecule has 0 aliphatic rings. The second-order valence-electron chi connectivity index (χ2n) is 5.02. The first kappa shape index (κ1) is 14.5. The van der Waals surface area contributed by atoms with Crippen LogP contribution in [-0.4, -0.2) is 11.3 Å². The van der Waals surface area contributed by atoms with Gasteiger partial charge in [0.25, 0.3) is 0 Å². The van der Waals surface area contributed by atoms with Gasteiger partial charge in [-0.25, -0.2) is 4.98 Å². The van der Waals surface area contributed by atoms with Crippen molar-refractivity contribution in [2.45, 2.75) is 0 Å². The van der Waals surface area contributed by atoms with E-state index in [2.05, 4.69) is 4.98 Å². The molecule has 0 saturated carbocycles. The predicted octanol–water partition coefficient (Wildman–Crippen LogP) is 5.35. The first-order chi connectivity index (χ1) is 11.7. The molecule has 0 aliphatic carbocycles. The van der Waals surface area contributed by atoms with E-state index >= 15 is 0 Å². The number of benzene rings is 2. The molecule has 0 saturated heterocycles. The number of aldehydes is 1. The number of halogens is 1. The summed E-state index contributed by atoms with van der Waals surface area (Å²) in [7, 11) is 0. The molecule has 2 heterocycles. The van der Waals surface area contributed by atoms with Crippen LogP contribution < -0.4 is 4.74 Å². The van der Waals surface area contributed by atoms with Crippen molar-refractivity contribution < 1.29 is 18.4 Å². The second kappa shape index (κ2) is 5.86.